The minimum Gasteiger partial charge on any atom is -0.462 e. The molecule has 374 valence electrons. The summed E-state index contributed by atoms with van der Waals surface area (Å²) >= 11 is 0. The second kappa shape index (κ2) is 53.7. The Morgan fingerprint density at radius 2 is 0.652 bits per heavy atom. The van der Waals surface area contributed by atoms with Crippen LogP contribution in [-0.4, -0.2) is 37.2 Å². The molecule has 66 heavy (non-hydrogen) atoms. The number of hydrogen-bond acceptors (Lipinski definition) is 6. The van der Waals surface area contributed by atoms with Gasteiger partial charge < -0.3 is 14.2 Å². The van der Waals surface area contributed by atoms with E-state index in [-0.39, 0.29) is 31.1 Å². The van der Waals surface area contributed by atoms with Crippen molar-refractivity contribution in [1.29, 1.82) is 0 Å². The molecule has 0 aliphatic carbocycles. The highest BCUT2D eigenvalue weighted by Crippen LogP contribution is 2.13. The molecular weight excluding hydrogens is 817 g/mol. The molecule has 0 amide bonds. The van der Waals surface area contributed by atoms with Gasteiger partial charge in [0.1, 0.15) is 13.2 Å². The topological polar surface area (TPSA) is 78.9 Å². The summed E-state index contributed by atoms with van der Waals surface area (Å²) in [5.74, 6) is -0.976. The fourth-order valence-electron chi connectivity index (χ4n) is 7.07. The molecule has 6 heteroatoms. The van der Waals surface area contributed by atoms with Gasteiger partial charge in [-0.05, 0) is 96.3 Å². The van der Waals surface area contributed by atoms with Crippen LogP contribution in [0.2, 0.25) is 0 Å². The summed E-state index contributed by atoms with van der Waals surface area (Å²) in [6.07, 6.45) is 72.1. The molecule has 0 aromatic rings. The molecular formula is C60H98O6. The van der Waals surface area contributed by atoms with E-state index in [2.05, 4.69) is 93.7 Å². The van der Waals surface area contributed by atoms with Crippen molar-refractivity contribution < 1.29 is 28.6 Å². The molecule has 1 unspecified atom stereocenters. The third-order valence-corrected chi connectivity index (χ3v) is 11.1. The van der Waals surface area contributed by atoms with Gasteiger partial charge >= 0.3 is 17.9 Å². The molecule has 0 saturated heterocycles. The molecule has 0 saturated carbocycles. The van der Waals surface area contributed by atoms with Gasteiger partial charge in [-0.3, -0.25) is 14.4 Å². The standard InChI is InChI=1S/C60H98O6/c1-4-7-10-13-16-19-22-25-27-29-31-32-35-38-41-44-47-50-53-59(62)65-56-57(55-64-58(61)52-49-46-43-40-37-34-24-21-18-15-12-9-6-3)66-60(63)54-51-48-45-42-39-36-33-30-28-26-23-20-17-14-11-8-5-2/h9,12,15,17-18,20-22,24-29,31-32,34,37,57H,4-8,10-11,13-14,16,19,23,30,33,35-36,38-56H2,1-3H3/b12-9-,18-15-,20-17-,24-21-,25-22-,28-26-,29-27-,32-31-,37-34-. The number of esters is 3. The van der Waals surface area contributed by atoms with Gasteiger partial charge in [-0.2, -0.15) is 0 Å². The number of allylic oxidation sites excluding steroid dienone is 18. The van der Waals surface area contributed by atoms with Crippen molar-refractivity contribution in [1.82, 2.24) is 0 Å². The molecule has 0 aromatic carbocycles. The smallest absolute Gasteiger partial charge is 0.306 e. The molecule has 0 heterocycles. The largest absolute Gasteiger partial charge is 0.462 e. The molecule has 0 aliphatic heterocycles. The van der Waals surface area contributed by atoms with E-state index in [1.54, 1.807) is 0 Å². The fourth-order valence-corrected chi connectivity index (χ4v) is 7.07. The first kappa shape index (κ1) is 62.1. The molecule has 6 nitrogen and oxygen atoms in total. The van der Waals surface area contributed by atoms with Crippen molar-refractivity contribution in [2.24, 2.45) is 0 Å². The molecule has 0 fully saturated rings. The minimum atomic E-state index is -0.809. The number of hydrogen-bond donors (Lipinski definition) is 0. The normalized spacial score (nSPS) is 13.0. The first-order valence-electron chi connectivity index (χ1n) is 27.0. The van der Waals surface area contributed by atoms with E-state index in [4.69, 9.17) is 14.2 Å². The first-order valence-corrected chi connectivity index (χ1v) is 27.0. The predicted octanol–water partition coefficient (Wildman–Crippen LogP) is 17.9. The van der Waals surface area contributed by atoms with Gasteiger partial charge in [-0.15, -0.1) is 0 Å². The molecule has 0 rings (SSSR count). The van der Waals surface area contributed by atoms with Crippen molar-refractivity contribution in [2.45, 2.75) is 239 Å². The van der Waals surface area contributed by atoms with E-state index in [0.717, 1.165) is 109 Å². The summed E-state index contributed by atoms with van der Waals surface area (Å²) in [6.45, 7) is 6.39. The summed E-state index contributed by atoms with van der Waals surface area (Å²) in [6, 6.07) is 0. The number of carbonyl (C=O) groups excluding carboxylic acids is 3. The van der Waals surface area contributed by atoms with E-state index >= 15 is 0 Å². The van der Waals surface area contributed by atoms with Gasteiger partial charge in [-0.25, -0.2) is 0 Å². The maximum atomic E-state index is 12.8. The Balaban J connectivity index is 4.50. The van der Waals surface area contributed by atoms with Crippen LogP contribution in [0.4, 0.5) is 0 Å². The van der Waals surface area contributed by atoms with Gasteiger partial charge in [0, 0.05) is 19.3 Å². The van der Waals surface area contributed by atoms with Crippen LogP contribution in [0.25, 0.3) is 0 Å². The van der Waals surface area contributed by atoms with Gasteiger partial charge in [0.05, 0.1) is 0 Å². The highest BCUT2D eigenvalue weighted by Gasteiger charge is 2.19. The summed E-state index contributed by atoms with van der Waals surface area (Å²) in [4.78, 5) is 38.0. The van der Waals surface area contributed by atoms with Crippen molar-refractivity contribution in [3.8, 4) is 0 Å². The second-order valence-electron chi connectivity index (χ2n) is 17.5. The van der Waals surface area contributed by atoms with Crippen molar-refractivity contribution in [3.05, 3.63) is 109 Å². The average molecular weight is 915 g/mol. The highest BCUT2D eigenvalue weighted by molar-refractivity contribution is 5.71. The zero-order valence-electron chi connectivity index (χ0n) is 42.7. The third-order valence-electron chi connectivity index (χ3n) is 11.1. The molecule has 1 atom stereocenters. The van der Waals surface area contributed by atoms with Gasteiger partial charge in [0.15, 0.2) is 6.10 Å². The molecule has 0 aromatic heterocycles. The van der Waals surface area contributed by atoms with E-state index in [1.807, 2.05) is 36.5 Å². The average Bonchev–Trinajstić information content (AvgIpc) is 3.31. The lowest BCUT2D eigenvalue weighted by atomic mass is 10.1. The SMILES string of the molecule is CC\C=C/C=C\C=C/C=C\CCCCCC(=O)OCC(COC(=O)CCCCCCC\C=C/C=C\C=C/CCCCCCC)OC(=O)CCCCCCCCC/C=C\C/C=C\CCCCC. The lowest BCUT2D eigenvalue weighted by Gasteiger charge is -2.18. The fraction of sp³-hybridized carbons (Fsp3) is 0.650. The monoisotopic (exact) mass is 915 g/mol. The lowest BCUT2D eigenvalue weighted by molar-refractivity contribution is -0.167. The van der Waals surface area contributed by atoms with E-state index < -0.39 is 6.10 Å². The van der Waals surface area contributed by atoms with E-state index in [0.29, 0.717) is 19.3 Å². The third kappa shape index (κ3) is 51.1. The van der Waals surface area contributed by atoms with E-state index in [9.17, 15) is 14.4 Å². The maximum absolute atomic E-state index is 12.8. The number of carbonyl (C=O) groups is 3. The van der Waals surface area contributed by atoms with Crippen LogP contribution in [0.5, 0.6) is 0 Å². The van der Waals surface area contributed by atoms with Crippen molar-refractivity contribution in [2.75, 3.05) is 13.2 Å². The summed E-state index contributed by atoms with van der Waals surface area (Å²) < 4.78 is 16.8. The Hall–Kier alpha value is -3.93. The Labute approximate surface area is 406 Å². The zero-order valence-corrected chi connectivity index (χ0v) is 42.7. The van der Waals surface area contributed by atoms with Gasteiger partial charge in [0.25, 0.3) is 0 Å². The van der Waals surface area contributed by atoms with Crippen LogP contribution in [0, 0.1) is 0 Å². The Morgan fingerprint density at radius 1 is 0.333 bits per heavy atom. The van der Waals surface area contributed by atoms with E-state index in [1.165, 1.54) is 83.5 Å². The Bertz CT molecular complexity index is 1370. The highest BCUT2D eigenvalue weighted by atomic mass is 16.6. The summed E-state index contributed by atoms with van der Waals surface area (Å²) in [5.41, 5.74) is 0. The zero-order chi connectivity index (χ0) is 47.9. The van der Waals surface area contributed by atoms with Crippen LogP contribution in [0.1, 0.15) is 233 Å². The number of rotatable bonds is 47. The minimum absolute atomic E-state index is 0.107. The Morgan fingerprint density at radius 3 is 1.09 bits per heavy atom. The summed E-state index contributed by atoms with van der Waals surface area (Å²) in [7, 11) is 0. The molecule has 0 N–H and O–H groups in total. The van der Waals surface area contributed by atoms with Crippen LogP contribution in [0.3, 0.4) is 0 Å². The van der Waals surface area contributed by atoms with Crippen LogP contribution in [0.15, 0.2) is 109 Å². The van der Waals surface area contributed by atoms with Crippen LogP contribution in [-0.2, 0) is 28.6 Å². The molecule has 0 aliphatic rings. The maximum Gasteiger partial charge on any atom is 0.306 e. The number of unbranched alkanes of at least 4 members (excludes halogenated alkanes) is 23. The van der Waals surface area contributed by atoms with Crippen molar-refractivity contribution >= 4 is 17.9 Å². The number of ether oxygens (including phenoxy) is 3. The molecule has 0 bridgehead atoms. The quantitative estimate of drug-likeness (QED) is 0.0199. The lowest BCUT2D eigenvalue weighted by Crippen LogP contribution is -2.30. The van der Waals surface area contributed by atoms with Gasteiger partial charge in [0.2, 0.25) is 0 Å². The van der Waals surface area contributed by atoms with Gasteiger partial charge in [-0.1, -0.05) is 226 Å². The first-order chi connectivity index (χ1) is 32.5. The van der Waals surface area contributed by atoms with Crippen molar-refractivity contribution in [3.63, 3.8) is 0 Å². The molecule has 0 spiro atoms. The van der Waals surface area contributed by atoms with Crippen LogP contribution >= 0.6 is 0 Å². The predicted molar refractivity (Wildman–Crippen MR) is 283 cm³/mol. The summed E-state index contributed by atoms with van der Waals surface area (Å²) in [5, 5.41) is 0. The van der Waals surface area contributed by atoms with Crippen LogP contribution < -0.4 is 0 Å². The Kier molecular flexibility index (Phi) is 50.5. The molecule has 0 radical (unpaired) electrons. The second-order valence-corrected chi connectivity index (χ2v) is 17.5.